The lowest BCUT2D eigenvalue weighted by Crippen LogP contribution is -2.46. The van der Waals surface area contributed by atoms with Crippen LogP contribution in [0.5, 0.6) is 0 Å². The van der Waals surface area contributed by atoms with E-state index in [1.165, 1.54) is 0 Å². The lowest BCUT2D eigenvalue weighted by Gasteiger charge is -2.34. The first-order valence-electron chi connectivity index (χ1n) is 11.9. The fourth-order valence-corrected chi connectivity index (χ4v) is 4.69. The van der Waals surface area contributed by atoms with Crippen molar-refractivity contribution in [2.45, 2.75) is 79.6 Å². The van der Waals surface area contributed by atoms with Crippen molar-refractivity contribution in [1.29, 1.82) is 0 Å². The van der Waals surface area contributed by atoms with Gasteiger partial charge in [-0.25, -0.2) is 4.98 Å². The molecule has 0 saturated heterocycles. The molecule has 1 aliphatic heterocycles. The predicted molar refractivity (Wildman–Crippen MR) is 135 cm³/mol. The third-order valence-electron chi connectivity index (χ3n) is 6.68. The Morgan fingerprint density at radius 1 is 1.26 bits per heavy atom. The molecule has 0 spiro atoms. The van der Waals surface area contributed by atoms with Crippen molar-refractivity contribution in [2.75, 3.05) is 13.1 Å². The number of rotatable bonds is 2. The van der Waals surface area contributed by atoms with Gasteiger partial charge in [0.25, 0.3) is 0 Å². The Morgan fingerprint density at radius 3 is 2.56 bits per heavy atom. The molecule has 1 unspecified atom stereocenters. The number of hydrogen-bond acceptors (Lipinski definition) is 8. The van der Waals surface area contributed by atoms with E-state index < -0.39 is 35.6 Å². The van der Waals surface area contributed by atoms with Gasteiger partial charge in [0.05, 0.1) is 34.7 Å². The SMILES string of the molecule is C/C1=C/CC(/C(C)=C/c2csc(C)n2)OC(=O)C[C@H](O)C(C)(C)C(=O)[C@@H](C)[C@H](O)[C@H](C)CNC1. The Hall–Kier alpha value is -1.87. The van der Waals surface area contributed by atoms with Gasteiger partial charge in [-0.1, -0.05) is 39.3 Å². The van der Waals surface area contributed by atoms with Crippen LogP contribution in [0, 0.1) is 24.2 Å². The molecule has 0 radical (unpaired) electrons. The van der Waals surface area contributed by atoms with Crippen LogP contribution in [0.3, 0.4) is 0 Å². The van der Waals surface area contributed by atoms with Crippen LogP contribution in [0.15, 0.2) is 22.6 Å². The number of aryl methyl sites for hydroxylation is 1. The van der Waals surface area contributed by atoms with Crippen LogP contribution in [0.4, 0.5) is 0 Å². The molecule has 0 bridgehead atoms. The van der Waals surface area contributed by atoms with E-state index in [0.29, 0.717) is 19.5 Å². The number of esters is 1. The zero-order valence-electron chi connectivity index (χ0n) is 21.4. The van der Waals surface area contributed by atoms with E-state index in [-0.39, 0.29) is 18.1 Å². The summed E-state index contributed by atoms with van der Waals surface area (Å²) < 4.78 is 5.79. The molecule has 0 aromatic carbocycles. The van der Waals surface area contributed by atoms with Crippen molar-refractivity contribution >= 4 is 29.2 Å². The first-order valence-corrected chi connectivity index (χ1v) is 12.8. The van der Waals surface area contributed by atoms with E-state index in [9.17, 15) is 19.8 Å². The maximum absolute atomic E-state index is 13.1. The van der Waals surface area contributed by atoms with Gasteiger partial charge in [0.1, 0.15) is 11.9 Å². The average Bonchev–Trinajstić information content (AvgIpc) is 3.18. The van der Waals surface area contributed by atoms with E-state index in [2.05, 4.69) is 10.3 Å². The molecule has 34 heavy (non-hydrogen) atoms. The van der Waals surface area contributed by atoms with Gasteiger partial charge in [0.15, 0.2) is 0 Å². The predicted octanol–water partition coefficient (Wildman–Crippen LogP) is 3.69. The van der Waals surface area contributed by atoms with E-state index in [4.69, 9.17) is 4.74 Å². The quantitative estimate of drug-likeness (QED) is 0.427. The van der Waals surface area contributed by atoms with Crippen molar-refractivity contribution in [3.63, 3.8) is 0 Å². The smallest absolute Gasteiger partial charge is 0.309 e. The van der Waals surface area contributed by atoms with E-state index in [1.54, 1.807) is 32.1 Å². The first kappa shape index (κ1) is 28.4. The van der Waals surface area contributed by atoms with Gasteiger partial charge >= 0.3 is 5.97 Å². The highest BCUT2D eigenvalue weighted by Crippen LogP contribution is 2.31. The summed E-state index contributed by atoms with van der Waals surface area (Å²) in [7, 11) is 0. The monoisotopic (exact) mass is 492 g/mol. The highest BCUT2D eigenvalue weighted by Gasteiger charge is 2.42. The number of ketones is 1. The van der Waals surface area contributed by atoms with Crippen LogP contribution < -0.4 is 5.32 Å². The number of nitrogens with one attached hydrogen (secondary N) is 1. The molecule has 190 valence electrons. The Bertz CT molecular complexity index is 920. The van der Waals surface area contributed by atoms with Gasteiger partial charge in [0, 0.05) is 30.8 Å². The van der Waals surface area contributed by atoms with E-state index in [0.717, 1.165) is 21.8 Å². The molecule has 3 N–H and O–H groups in total. The Kier molecular flexibility index (Phi) is 10.2. The molecule has 0 amide bonds. The number of Topliss-reactive ketones (excluding diaryl/α,β-unsaturated/α-hetero) is 1. The molecule has 1 aliphatic rings. The van der Waals surface area contributed by atoms with Crippen molar-refractivity contribution in [1.82, 2.24) is 10.3 Å². The summed E-state index contributed by atoms with van der Waals surface area (Å²) in [4.78, 5) is 30.4. The Balaban J connectivity index is 2.33. The Labute approximate surface area is 207 Å². The number of nitrogens with zero attached hydrogens (tertiary/aromatic N) is 1. The number of hydrogen-bond donors (Lipinski definition) is 3. The molecule has 0 aliphatic carbocycles. The lowest BCUT2D eigenvalue weighted by molar-refractivity contribution is -0.154. The topological polar surface area (TPSA) is 109 Å². The maximum Gasteiger partial charge on any atom is 0.309 e. The Morgan fingerprint density at radius 2 is 1.94 bits per heavy atom. The summed E-state index contributed by atoms with van der Waals surface area (Å²) in [6, 6.07) is 0. The van der Waals surface area contributed by atoms with Crippen molar-refractivity contribution < 1.29 is 24.5 Å². The number of carbonyl (C=O) groups is 2. The minimum Gasteiger partial charge on any atom is -0.457 e. The second kappa shape index (κ2) is 12.2. The minimum atomic E-state index is -1.23. The standard InChI is InChI=1S/C26H40N2O5S/c1-15-8-9-21(16(2)10-20-14-34-19(5)28-20)33-23(30)11-22(29)26(6,7)25(32)18(4)24(31)17(3)13-27-12-15/h8,10,14,17-18,21-22,24,27,29,31H,9,11-13H2,1-7H3/b15-8-,16-10+/t17-,18+,21?,22+,24-/m1/s1. The molecular formula is C26H40N2O5S. The molecule has 8 heteroatoms. The zero-order valence-corrected chi connectivity index (χ0v) is 22.2. The molecule has 1 aromatic rings. The molecule has 2 heterocycles. The number of ether oxygens (including phenoxy) is 1. The molecule has 2 rings (SSSR count). The van der Waals surface area contributed by atoms with Crippen LogP contribution in [-0.2, 0) is 14.3 Å². The second-order valence-electron chi connectivity index (χ2n) is 10.1. The van der Waals surface area contributed by atoms with Gasteiger partial charge in [-0.15, -0.1) is 11.3 Å². The molecule has 0 fully saturated rings. The van der Waals surface area contributed by atoms with Crippen LogP contribution >= 0.6 is 11.3 Å². The first-order chi connectivity index (χ1) is 15.8. The number of aromatic nitrogens is 1. The average molecular weight is 493 g/mol. The van der Waals surface area contributed by atoms with Gasteiger partial charge in [-0.2, -0.15) is 0 Å². The largest absolute Gasteiger partial charge is 0.457 e. The summed E-state index contributed by atoms with van der Waals surface area (Å²) in [5.74, 6) is -1.68. The fraction of sp³-hybridized carbons (Fsp3) is 0.654. The molecule has 0 saturated carbocycles. The van der Waals surface area contributed by atoms with Crippen molar-refractivity contribution in [3.05, 3.63) is 33.3 Å². The van der Waals surface area contributed by atoms with Crippen LogP contribution in [0.2, 0.25) is 0 Å². The van der Waals surface area contributed by atoms with Crippen LogP contribution in [-0.4, -0.2) is 58.4 Å². The molecule has 7 nitrogen and oxygen atoms in total. The van der Waals surface area contributed by atoms with Gasteiger partial charge in [-0.3, -0.25) is 9.59 Å². The highest BCUT2D eigenvalue weighted by atomic mass is 32.1. The second-order valence-corrected chi connectivity index (χ2v) is 11.2. The number of thiazole rings is 1. The van der Waals surface area contributed by atoms with Crippen LogP contribution in [0.1, 0.15) is 65.1 Å². The number of aliphatic hydroxyl groups excluding tert-OH is 2. The van der Waals surface area contributed by atoms with Gasteiger partial charge < -0.3 is 20.3 Å². The summed E-state index contributed by atoms with van der Waals surface area (Å²) in [5, 5.41) is 27.8. The third-order valence-corrected chi connectivity index (χ3v) is 7.47. The van der Waals surface area contributed by atoms with Gasteiger partial charge in [-0.05, 0) is 38.3 Å². The van der Waals surface area contributed by atoms with Gasteiger partial charge in [0.2, 0.25) is 0 Å². The van der Waals surface area contributed by atoms with E-state index in [1.807, 2.05) is 45.2 Å². The molecule has 5 atom stereocenters. The minimum absolute atomic E-state index is 0.156. The molecule has 1 aromatic heterocycles. The van der Waals surface area contributed by atoms with E-state index >= 15 is 0 Å². The normalized spacial score (nSPS) is 32.1. The third kappa shape index (κ3) is 7.57. The summed E-state index contributed by atoms with van der Waals surface area (Å²) in [6.07, 6.45) is 1.53. The van der Waals surface area contributed by atoms with Crippen LogP contribution in [0.25, 0.3) is 6.08 Å². The maximum atomic E-state index is 13.1. The fourth-order valence-electron chi connectivity index (χ4n) is 4.12. The van der Waals surface area contributed by atoms with Crippen molar-refractivity contribution in [3.8, 4) is 0 Å². The number of carbonyl (C=O) groups excluding carboxylic acids is 2. The molecular weight excluding hydrogens is 452 g/mol. The summed E-state index contributed by atoms with van der Waals surface area (Å²) >= 11 is 1.55. The van der Waals surface area contributed by atoms with Crippen molar-refractivity contribution in [2.24, 2.45) is 17.3 Å². The summed E-state index contributed by atoms with van der Waals surface area (Å²) in [5.41, 5.74) is 1.54. The highest BCUT2D eigenvalue weighted by molar-refractivity contribution is 7.09. The zero-order chi connectivity index (χ0) is 25.6. The number of cyclic esters (lactones) is 1. The number of aliphatic hydroxyl groups is 2. The summed E-state index contributed by atoms with van der Waals surface area (Å²) in [6.45, 7) is 13.8. The lowest BCUT2D eigenvalue weighted by atomic mass is 9.73.